The van der Waals surface area contributed by atoms with Crippen LogP contribution >= 0.6 is 23.2 Å². The van der Waals surface area contributed by atoms with Crippen LogP contribution in [0.2, 0.25) is 10.0 Å². The highest BCUT2D eigenvalue weighted by atomic mass is 35.5. The zero-order valence-electron chi connectivity index (χ0n) is 15.4. The summed E-state index contributed by atoms with van der Waals surface area (Å²) in [5, 5.41) is 1.14. The van der Waals surface area contributed by atoms with Crippen LogP contribution in [0.1, 0.15) is 44.3 Å². The molecule has 2 heterocycles. The Morgan fingerprint density at radius 1 is 1.22 bits per heavy atom. The standard InChI is InChI=1S/C21H21Cl2N3O/c1-3-4-18(13-5-6-13)26-20-19(25-12(2)21(26)27)16(9-10-24-20)15-8-7-14(22)11-17(15)23/h7-11,13,18H,3-6H2,1-2H3/t18-/m1/s1. The van der Waals surface area contributed by atoms with Crippen molar-refractivity contribution in [2.45, 2.75) is 45.6 Å². The fraction of sp³-hybridized carbons (Fsp3) is 0.381. The first kappa shape index (κ1) is 18.5. The van der Waals surface area contributed by atoms with Crippen LogP contribution in [0, 0.1) is 12.8 Å². The van der Waals surface area contributed by atoms with Gasteiger partial charge in [0.2, 0.25) is 0 Å². The number of benzene rings is 1. The molecule has 6 heteroatoms. The molecule has 0 N–H and O–H groups in total. The van der Waals surface area contributed by atoms with Crippen LogP contribution in [-0.4, -0.2) is 14.5 Å². The number of aromatic nitrogens is 3. The third-order valence-electron chi connectivity index (χ3n) is 5.24. The lowest BCUT2D eigenvalue weighted by atomic mass is 10.0. The Balaban J connectivity index is 2.00. The van der Waals surface area contributed by atoms with Gasteiger partial charge in [-0.05, 0) is 50.3 Å². The summed E-state index contributed by atoms with van der Waals surface area (Å²) in [5.74, 6) is 0.553. The monoisotopic (exact) mass is 401 g/mol. The van der Waals surface area contributed by atoms with E-state index in [1.807, 2.05) is 22.8 Å². The third-order valence-corrected chi connectivity index (χ3v) is 5.79. The largest absolute Gasteiger partial charge is 0.286 e. The Labute approximate surface area is 168 Å². The summed E-state index contributed by atoms with van der Waals surface area (Å²) in [4.78, 5) is 22.2. The molecule has 1 aliphatic carbocycles. The number of pyridine rings is 1. The van der Waals surface area contributed by atoms with Crippen molar-refractivity contribution in [3.63, 3.8) is 0 Å². The SMILES string of the molecule is CCC[C@H](C1CC1)n1c(=O)c(C)nc2c(-c3ccc(Cl)cc3Cl)ccnc21. The molecule has 140 valence electrons. The third kappa shape index (κ3) is 3.37. The van der Waals surface area contributed by atoms with Gasteiger partial charge in [-0.3, -0.25) is 9.36 Å². The van der Waals surface area contributed by atoms with Gasteiger partial charge in [0, 0.05) is 33.4 Å². The molecular formula is C21H21Cl2N3O. The molecule has 1 atom stereocenters. The Bertz CT molecular complexity index is 1070. The summed E-state index contributed by atoms with van der Waals surface area (Å²) in [6.45, 7) is 3.93. The van der Waals surface area contributed by atoms with E-state index in [0.29, 0.717) is 32.8 Å². The van der Waals surface area contributed by atoms with Crippen LogP contribution in [0.4, 0.5) is 0 Å². The van der Waals surface area contributed by atoms with E-state index in [-0.39, 0.29) is 11.6 Å². The summed E-state index contributed by atoms with van der Waals surface area (Å²) in [6.07, 6.45) is 6.06. The minimum absolute atomic E-state index is 0.0419. The molecule has 4 nitrogen and oxygen atoms in total. The molecule has 0 aliphatic heterocycles. The summed E-state index contributed by atoms with van der Waals surface area (Å²) in [7, 11) is 0. The van der Waals surface area contributed by atoms with Gasteiger partial charge in [-0.2, -0.15) is 0 Å². The lowest BCUT2D eigenvalue weighted by Gasteiger charge is -2.21. The van der Waals surface area contributed by atoms with Crippen LogP contribution < -0.4 is 5.56 Å². The molecule has 1 aliphatic rings. The minimum atomic E-state index is -0.0419. The first-order valence-corrected chi connectivity index (χ1v) is 10.1. The molecular weight excluding hydrogens is 381 g/mol. The number of halogens is 2. The van der Waals surface area contributed by atoms with E-state index in [1.54, 1.807) is 19.2 Å². The van der Waals surface area contributed by atoms with Gasteiger partial charge >= 0.3 is 0 Å². The molecule has 3 aromatic rings. The van der Waals surface area contributed by atoms with Crippen molar-refractivity contribution in [1.82, 2.24) is 14.5 Å². The second-order valence-electron chi connectivity index (χ2n) is 7.22. The average molecular weight is 402 g/mol. The van der Waals surface area contributed by atoms with E-state index in [2.05, 4.69) is 16.9 Å². The smallest absolute Gasteiger partial charge is 0.273 e. The number of aryl methyl sites for hydroxylation is 1. The normalized spacial score (nSPS) is 15.3. The van der Waals surface area contributed by atoms with E-state index >= 15 is 0 Å². The number of hydrogen-bond donors (Lipinski definition) is 0. The van der Waals surface area contributed by atoms with Crippen molar-refractivity contribution < 1.29 is 0 Å². The lowest BCUT2D eigenvalue weighted by Crippen LogP contribution is -2.29. The number of rotatable bonds is 5. The highest BCUT2D eigenvalue weighted by Gasteiger charge is 2.34. The van der Waals surface area contributed by atoms with Gasteiger partial charge in [0.1, 0.15) is 11.2 Å². The zero-order chi connectivity index (χ0) is 19.1. The maximum atomic E-state index is 13.0. The van der Waals surface area contributed by atoms with Crippen molar-refractivity contribution >= 4 is 34.4 Å². The fourth-order valence-corrected chi connectivity index (χ4v) is 4.31. The molecule has 4 rings (SSSR count). The predicted octanol–water partition coefficient (Wildman–Crippen LogP) is 5.82. The maximum Gasteiger partial charge on any atom is 0.273 e. The van der Waals surface area contributed by atoms with Crippen LogP contribution in [0.15, 0.2) is 35.3 Å². The Hall–Kier alpha value is -1.91. The summed E-state index contributed by atoms with van der Waals surface area (Å²) >= 11 is 12.5. The molecule has 0 unspecified atom stereocenters. The van der Waals surface area contributed by atoms with Gasteiger partial charge < -0.3 is 0 Å². The quantitative estimate of drug-likeness (QED) is 0.540. The molecule has 0 bridgehead atoms. The summed E-state index contributed by atoms with van der Waals surface area (Å²) < 4.78 is 1.88. The summed E-state index contributed by atoms with van der Waals surface area (Å²) in [6, 6.07) is 7.48. The lowest BCUT2D eigenvalue weighted by molar-refractivity contribution is 0.408. The highest BCUT2D eigenvalue weighted by Crippen LogP contribution is 2.43. The van der Waals surface area contributed by atoms with E-state index in [1.165, 1.54) is 12.8 Å². The fourth-order valence-electron chi connectivity index (χ4n) is 3.80. The molecule has 1 saturated carbocycles. The second-order valence-corrected chi connectivity index (χ2v) is 8.06. The highest BCUT2D eigenvalue weighted by molar-refractivity contribution is 6.36. The van der Waals surface area contributed by atoms with Gasteiger partial charge in [-0.15, -0.1) is 0 Å². The topological polar surface area (TPSA) is 47.8 Å². The van der Waals surface area contributed by atoms with Crippen molar-refractivity contribution in [3.8, 4) is 11.1 Å². The molecule has 0 saturated heterocycles. The van der Waals surface area contributed by atoms with Crippen LogP contribution in [0.3, 0.4) is 0 Å². The zero-order valence-corrected chi connectivity index (χ0v) is 16.9. The van der Waals surface area contributed by atoms with Gasteiger partial charge in [0.25, 0.3) is 5.56 Å². The first-order valence-electron chi connectivity index (χ1n) is 9.34. The predicted molar refractivity (Wildman–Crippen MR) is 111 cm³/mol. The number of hydrogen-bond acceptors (Lipinski definition) is 3. The first-order chi connectivity index (χ1) is 13.0. The second kappa shape index (κ2) is 7.25. The van der Waals surface area contributed by atoms with Gasteiger partial charge in [-0.25, -0.2) is 9.97 Å². The van der Waals surface area contributed by atoms with Crippen molar-refractivity contribution in [2.24, 2.45) is 5.92 Å². The molecule has 0 amide bonds. The molecule has 1 fully saturated rings. The maximum absolute atomic E-state index is 13.0. The molecule has 0 spiro atoms. The van der Waals surface area contributed by atoms with Gasteiger partial charge in [-0.1, -0.05) is 42.6 Å². The van der Waals surface area contributed by atoms with Crippen LogP contribution in [-0.2, 0) is 0 Å². The summed E-state index contributed by atoms with van der Waals surface area (Å²) in [5.41, 5.74) is 3.50. The minimum Gasteiger partial charge on any atom is -0.286 e. The molecule has 27 heavy (non-hydrogen) atoms. The Kier molecular flexibility index (Phi) is 4.95. The van der Waals surface area contributed by atoms with Crippen molar-refractivity contribution in [3.05, 3.63) is 56.6 Å². The van der Waals surface area contributed by atoms with E-state index in [9.17, 15) is 4.79 Å². The van der Waals surface area contributed by atoms with Gasteiger partial charge in [0.15, 0.2) is 5.65 Å². The van der Waals surface area contributed by atoms with Gasteiger partial charge in [0.05, 0.1) is 0 Å². The molecule has 0 radical (unpaired) electrons. The van der Waals surface area contributed by atoms with E-state index in [0.717, 1.165) is 24.0 Å². The van der Waals surface area contributed by atoms with Crippen LogP contribution in [0.5, 0.6) is 0 Å². The average Bonchev–Trinajstić information content (AvgIpc) is 3.46. The number of nitrogens with zero attached hydrogens (tertiary/aromatic N) is 3. The number of fused-ring (bicyclic) bond motifs is 1. The molecule has 1 aromatic carbocycles. The Morgan fingerprint density at radius 3 is 2.67 bits per heavy atom. The van der Waals surface area contributed by atoms with Crippen LogP contribution in [0.25, 0.3) is 22.3 Å². The van der Waals surface area contributed by atoms with Crippen molar-refractivity contribution in [1.29, 1.82) is 0 Å². The van der Waals surface area contributed by atoms with E-state index < -0.39 is 0 Å². The Morgan fingerprint density at radius 2 is 2.00 bits per heavy atom. The van der Waals surface area contributed by atoms with E-state index in [4.69, 9.17) is 23.2 Å². The molecule has 2 aromatic heterocycles. The van der Waals surface area contributed by atoms with Crippen molar-refractivity contribution in [2.75, 3.05) is 0 Å².